The Morgan fingerprint density at radius 1 is 0.929 bits per heavy atom. The number of alkyl halides is 3. The highest BCUT2D eigenvalue weighted by Gasteiger charge is 2.31. The summed E-state index contributed by atoms with van der Waals surface area (Å²) in [5.74, 6) is -1.47. The lowest BCUT2D eigenvalue weighted by molar-refractivity contribution is -0.137. The van der Waals surface area contributed by atoms with Crippen molar-refractivity contribution >= 4 is 34.8 Å². The van der Waals surface area contributed by atoms with E-state index >= 15 is 0 Å². The lowest BCUT2D eigenvalue weighted by atomic mass is 10.1. The number of amides is 3. The van der Waals surface area contributed by atoms with E-state index < -0.39 is 30.1 Å². The molecule has 0 unspecified atom stereocenters. The van der Waals surface area contributed by atoms with E-state index in [-0.39, 0.29) is 11.6 Å². The molecule has 0 aliphatic rings. The van der Waals surface area contributed by atoms with Gasteiger partial charge in [-0.25, -0.2) is 0 Å². The van der Waals surface area contributed by atoms with E-state index in [0.29, 0.717) is 11.4 Å². The minimum atomic E-state index is -4.56. The topological polar surface area (TPSA) is 78.5 Å². The van der Waals surface area contributed by atoms with Gasteiger partial charge in [-0.3, -0.25) is 14.4 Å². The summed E-state index contributed by atoms with van der Waals surface area (Å²) in [4.78, 5) is 36.2. The number of nitrogens with zero attached hydrogens (tertiary/aromatic N) is 1. The SMILES string of the molecule is CC(=O)Nc1cccc(NC(=O)CN(C(C)=O)c2cccc(C(F)(F)F)c2)c1. The lowest BCUT2D eigenvalue weighted by Crippen LogP contribution is -2.36. The van der Waals surface area contributed by atoms with Gasteiger partial charge in [-0.2, -0.15) is 13.2 Å². The molecular formula is C19H18F3N3O3. The van der Waals surface area contributed by atoms with Gasteiger partial charge in [0, 0.05) is 30.9 Å². The zero-order chi connectivity index (χ0) is 20.9. The number of hydrogen-bond donors (Lipinski definition) is 2. The Morgan fingerprint density at radius 3 is 2.11 bits per heavy atom. The molecule has 0 saturated carbocycles. The molecular weight excluding hydrogens is 375 g/mol. The van der Waals surface area contributed by atoms with E-state index in [0.717, 1.165) is 24.0 Å². The minimum Gasteiger partial charge on any atom is -0.326 e. The van der Waals surface area contributed by atoms with Gasteiger partial charge in [-0.1, -0.05) is 12.1 Å². The van der Waals surface area contributed by atoms with E-state index in [1.807, 2.05) is 0 Å². The predicted molar refractivity (Wildman–Crippen MR) is 98.8 cm³/mol. The van der Waals surface area contributed by atoms with Crippen LogP contribution in [0.4, 0.5) is 30.2 Å². The summed E-state index contributed by atoms with van der Waals surface area (Å²) >= 11 is 0. The normalized spacial score (nSPS) is 10.9. The smallest absolute Gasteiger partial charge is 0.326 e. The molecule has 0 radical (unpaired) electrons. The molecule has 2 N–H and O–H groups in total. The number of hydrogen-bond acceptors (Lipinski definition) is 3. The second kappa shape index (κ2) is 8.55. The van der Waals surface area contributed by atoms with Gasteiger partial charge in [0.25, 0.3) is 0 Å². The number of carbonyl (C=O) groups is 3. The van der Waals surface area contributed by atoms with Gasteiger partial charge in [0.05, 0.1) is 5.56 Å². The summed E-state index contributed by atoms with van der Waals surface area (Å²) in [7, 11) is 0. The van der Waals surface area contributed by atoms with Crippen LogP contribution in [0.5, 0.6) is 0 Å². The van der Waals surface area contributed by atoms with Crippen LogP contribution < -0.4 is 15.5 Å². The van der Waals surface area contributed by atoms with E-state index in [2.05, 4.69) is 10.6 Å². The van der Waals surface area contributed by atoms with Crippen molar-refractivity contribution in [1.29, 1.82) is 0 Å². The maximum Gasteiger partial charge on any atom is 0.416 e. The maximum absolute atomic E-state index is 12.9. The highest BCUT2D eigenvalue weighted by Crippen LogP contribution is 2.31. The van der Waals surface area contributed by atoms with Crippen molar-refractivity contribution in [2.24, 2.45) is 0 Å². The Kier molecular flexibility index (Phi) is 6.40. The van der Waals surface area contributed by atoms with Gasteiger partial charge in [0.1, 0.15) is 6.54 Å². The van der Waals surface area contributed by atoms with Gasteiger partial charge in [0.15, 0.2) is 0 Å². The first-order valence-electron chi connectivity index (χ1n) is 8.19. The Morgan fingerprint density at radius 2 is 1.54 bits per heavy atom. The van der Waals surface area contributed by atoms with E-state index in [9.17, 15) is 27.6 Å². The largest absolute Gasteiger partial charge is 0.416 e. The zero-order valence-electron chi connectivity index (χ0n) is 15.1. The molecule has 0 aromatic heterocycles. The van der Waals surface area contributed by atoms with Gasteiger partial charge < -0.3 is 15.5 Å². The minimum absolute atomic E-state index is 0.0375. The molecule has 0 spiro atoms. The molecule has 0 aliphatic carbocycles. The standard InChI is InChI=1S/C19H18F3N3O3/c1-12(26)23-15-6-4-7-16(10-15)24-18(28)11-25(13(2)27)17-8-3-5-14(9-17)19(20,21)22/h3-10H,11H2,1-2H3,(H,23,26)(H,24,28). The summed E-state index contributed by atoms with van der Waals surface area (Å²) < 4.78 is 38.7. The zero-order valence-corrected chi connectivity index (χ0v) is 15.1. The summed E-state index contributed by atoms with van der Waals surface area (Å²) in [6.07, 6.45) is -4.56. The van der Waals surface area contributed by atoms with Crippen LogP contribution in [-0.2, 0) is 20.6 Å². The van der Waals surface area contributed by atoms with Crippen molar-refractivity contribution in [2.45, 2.75) is 20.0 Å². The summed E-state index contributed by atoms with van der Waals surface area (Å²) in [5, 5.41) is 5.11. The van der Waals surface area contributed by atoms with E-state index in [1.165, 1.54) is 25.1 Å². The second-order valence-electron chi connectivity index (χ2n) is 5.96. The first-order valence-corrected chi connectivity index (χ1v) is 8.19. The molecule has 0 saturated heterocycles. The third kappa shape index (κ3) is 5.83. The Hall–Kier alpha value is -3.36. The Labute approximate surface area is 159 Å². The molecule has 2 aromatic rings. The van der Waals surface area contributed by atoms with Crippen molar-refractivity contribution in [1.82, 2.24) is 0 Å². The summed E-state index contributed by atoms with van der Waals surface area (Å²) in [6, 6.07) is 10.5. The number of benzene rings is 2. The van der Waals surface area contributed by atoms with Crippen molar-refractivity contribution in [3.05, 3.63) is 54.1 Å². The van der Waals surface area contributed by atoms with Crippen LogP contribution >= 0.6 is 0 Å². The molecule has 0 heterocycles. The van der Waals surface area contributed by atoms with Crippen molar-refractivity contribution in [2.75, 3.05) is 22.1 Å². The predicted octanol–water partition coefficient (Wildman–Crippen LogP) is 3.66. The van der Waals surface area contributed by atoms with Crippen LogP contribution in [0.2, 0.25) is 0 Å². The van der Waals surface area contributed by atoms with Crippen LogP contribution in [0.25, 0.3) is 0 Å². The summed E-state index contributed by atoms with van der Waals surface area (Å²) in [6.45, 7) is 2.02. The average Bonchev–Trinajstić information content (AvgIpc) is 2.58. The van der Waals surface area contributed by atoms with Crippen molar-refractivity contribution in [3.8, 4) is 0 Å². The molecule has 9 heteroatoms. The maximum atomic E-state index is 12.9. The molecule has 0 fully saturated rings. The van der Waals surface area contributed by atoms with Crippen LogP contribution in [0.3, 0.4) is 0 Å². The van der Waals surface area contributed by atoms with Gasteiger partial charge in [0.2, 0.25) is 17.7 Å². The average molecular weight is 393 g/mol. The quantitative estimate of drug-likeness (QED) is 0.814. The van der Waals surface area contributed by atoms with Crippen LogP contribution in [0.1, 0.15) is 19.4 Å². The third-order valence-corrected chi connectivity index (χ3v) is 3.63. The number of carbonyl (C=O) groups excluding carboxylic acids is 3. The molecule has 0 aliphatic heterocycles. The lowest BCUT2D eigenvalue weighted by Gasteiger charge is -2.22. The van der Waals surface area contributed by atoms with Gasteiger partial charge in [-0.05, 0) is 36.4 Å². The highest BCUT2D eigenvalue weighted by atomic mass is 19.4. The Balaban J connectivity index is 2.16. The van der Waals surface area contributed by atoms with Crippen LogP contribution in [-0.4, -0.2) is 24.3 Å². The number of nitrogens with one attached hydrogen (secondary N) is 2. The second-order valence-corrected chi connectivity index (χ2v) is 5.96. The number of anilines is 3. The van der Waals surface area contributed by atoms with Gasteiger partial charge in [-0.15, -0.1) is 0 Å². The van der Waals surface area contributed by atoms with Crippen LogP contribution in [0, 0.1) is 0 Å². The molecule has 2 rings (SSSR count). The first-order chi connectivity index (χ1) is 13.1. The fourth-order valence-electron chi connectivity index (χ4n) is 2.46. The first kappa shape index (κ1) is 20.9. The molecule has 0 atom stereocenters. The fraction of sp³-hybridized carbons (Fsp3) is 0.211. The van der Waals surface area contributed by atoms with E-state index in [4.69, 9.17) is 0 Å². The summed E-state index contributed by atoms with van der Waals surface area (Å²) in [5.41, 5.74) is -0.125. The molecule has 6 nitrogen and oxygen atoms in total. The number of rotatable bonds is 5. The van der Waals surface area contributed by atoms with Gasteiger partial charge >= 0.3 is 6.18 Å². The molecule has 28 heavy (non-hydrogen) atoms. The molecule has 148 valence electrons. The fourth-order valence-corrected chi connectivity index (χ4v) is 2.46. The van der Waals surface area contributed by atoms with Crippen molar-refractivity contribution in [3.63, 3.8) is 0 Å². The molecule has 3 amide bonds. The van der Waals surface area contributed by atoms with Crippen LogP contribution in [0.15, 0.2) is 48.5 Å². The molecule has 0 bridgehead atoms. The Bertz CT molecular complexity index is 897. The number of halogens is 3. The van der Waals surface area contributed by atoms with E-state index in [1.54, 1.807) is 18.2 Å². The molecule has 2 aromatic carbocycles. The highest BCUT2D eigenvalue weighted by molar-refractivity contribution is 6.02. The monoisotopic (exact) mass is 393 g/mol. The third-order valence-electron chi connectivity index (χ3n) is 3.63. The van der Waals surface area contributed by atoms with Crippen molar-refractivity contribution < 1.29 is 27.6 Å².